The molecule has 23 heavy (non-hydrogen) atoms. The van der Waals surface area contributed by atoms with E-state index in [1.165, 1.54) is 0 Å². The molecule has 0 saturated carbocycles. The molecule has 1 N–H and O–H groups in total. The van der Waals surface area contributed by atoms with Crippen LogP contribution in [0.2, 0.25) is 0 Å². The van der Waals surface area contributed by atoms with Crippen molar-refractivity contribution in [2.24, 2.45) is 0 Å². The molecule has 0 fully saturated rings. The quantitative estimate of drug-likeness (QED) is 0.736. The normalized spacial score (nSPS) is 35.8. The van der Waals surface area contributed by atoms with Crippen molar-refractivity contribution in [3.63, 3.8) is 0 Å². The summed E-state index contributed by atoms with van der Waals surface area (Å²) in [5.74, 6) is 0. The molecule has 128 valence electrons. The van der Waals surface area contributed by atoms with Crippen molar-refractivity contribution in [2.45, 2.75) is 23.4 Å². The molecule has 5 heteroatoms. The second kappa shape index (κ2) is 8.04. The topological polar surface area (TPSA) is 49.0 Å². The van der Waals surface area contributed by atoms with Gasteiger partial charge in [-0.25, -0.2) is 0 Å². The second-order valence-electron chi connectivity index (χ2n) is 5.72. The Morgan fingerprint density at radius 3 is 1.52 bits per heavy atom. The van der Waals surface area contributed by atoms with E-state index < -0.39 is 11.2 Å². The van der Waals surface area contributed by atoms with Crippen LogP contribution >= 0.6 is 0 Å². The third-order valence-corrected chi connectivity index (χ3v) is 4.58. The zero-order chi connectivity index (χ0) is 16.8. The monoisotopic (exact) mass is 321 g/mol. The van der Waals surface area contributed by atoms with E-state index in [1.807, 2.05) is 48.6 Å². The Kier molecular flexibility index (Phi) is 6.33. The molecule has 0 spiro atoms. The fourth-order valence-electron chi connectivity index (χ4n) is 3.12. The third-order valence-electron chi connectivity index (χ3n) is 4.58. The smallest absolute Gasteiger partial charge is 0.128 e. The Morgan fingerprint density at radius 2 is 1.17 bits per heavy atom. The molecular formula is C18H27NO4. The van der Waals surface area contributed by atoms with Gasteiger partial charge in [0.15, 0.2) is 0 Å². The molecule has 0 bridgehead atoms. The third kappa shape index (κ3) is 3.65. The van der Waals surface area contributed by atoms with Crippen molar-refractivity contribution in [3.05, 3.63) is 48.6 Å². The number of hydrogen-bond acceptors (Lipinski definition) is 5. The molecule has 0 aromatic rings. The lowest BCUT2D eigenvalue weighted by atomic mass is 9.89. The van der Waals surface area contributed by atoms with Crippen LogP contribution in [0.5, 0.6) is 0 Å². The molecule has 0 amide bonds. The van der Waals surface area contributed by atoms with Crippen LogP contribution in [0.25, 0.3) is 0 Å². The van der Waals surface area contributed by atoms with Gasteiger partial charge in [0.2, 0.25) is 0 Å². The molecule has 0 radical (unpaired) electrons. The van der Waals surface area contributed by atoms with E-state index in [0.717, 1.165) is 0 Å². The SMILES string of the molecule is COC1C=CC=CC1(CNCC1(OC)C=CC=CC1OC)OC. The van der Waals surface area contributed by atoms with Crippen molar-refractivity contribution in [3.8, 4) is 0 Å². The first kappa shape index (κ1) is 18.1. The maximum Gasteiger partial charge on any atom is 0.128 e. The van der Waals surface area contributed by atoms with Crippen molar-refractivity contribution in [2.75, 3.05) is 41.5 Å². The van der Waals surface area contributed by atoms with Gasteiger partial charge in [0.25, 0.3) is 0 Å². The molecule has 4 unspecified atom stereocenters. The first-order valence-corrected chi connectivity index (χ1v) is 7.75. The molecule has 0 aromatic carbocycles. The molecule has 0 saturated heterocycles. The largest absolute Gasteiger partial charge is 0.374 e. The summed E-state index contributed by atoms with van der Waals surface area (Å²) in [6.45, 7) is 1.20. The molecule has 5 nitrogen and oxygen atoms in total. The van der Waals surface area contributed by atoms with Gasteiger partial charge in [-0.1, -0.05) is 36.5 Å². The minimum absolute atomic E-state index is 0.136. The molecular weight excluding hydrogens is 294 g/mol. The lowest BCUT2D eigenvalue weighted by molar-refractivity contribution is -0.0803. The van der Waals surface area contributed by atoms with E-state index >= 15 is 0 Å². The van der Waals surface area contributed by atoms with Crippen LogP contribution in [0.3, 0.4) is 0 Å². The van der Waals surface area contributed by atoms with Crippen LogP contribution in [0.4, 0.5) is 0 Å². The fourth-order valence-corrected chi connectivity index (χ4v) is 3.12. The molecule has 2 aliphatic carbocycles. The highest BCUT2D eigenvalue weighted by molar-refractivity contribution is 5.26. The Hall–Kier alpha value is -1.24. The van der Waals surface area contributed by atoms with E-state index in [9.17, 15) is 0 Å². The van der Waals surface area contributed by atoms with Gasteiger partial charge in [-0.3, -0.25) is 0 Å². The number of allylic oxidation sites excluding steroid dienone is 4. The molecule has 0 heterocycles. The van der Waals surface area contributed by atoms with Crippen molar-refractivity contribution < 1.29 is 18.9 Å². The van der Waals surface area contributed by atoms with Gasteiger partial charge in [-0.2, -0.15) is 0 Å². The van der Waals surface area contributed by atoms with Gasteiger partial charge in [-0.05, 0) is 12.2 Å². The van der Waals surface area contributed by atoms with Gasteiger partial charge in [0.05, 0.1) is 0 Å². The molecule has 0 aliphatic heterocycles. The number of nitrogens with one attached hydrogen (secondary N) is 1. The Bertz CT molecular complexity index is 455. The second-order valence-corrected chi connectivity index (χ2v) is 5.72. The number of rotatable bonds is 8. The average molecular weight is 321 g/mol. The van der Waals surface area contributed by atoms with Crippen LogP contribution in [0, 0.1) is 0 Å². The molecule has 4 atom stereocenters. The van der Waals surface area contributed by atoms with Crippen LogP contribution in [-0.2, 0) is 18.9 Å². The Morgan fingerprint density at radius 1 is 0.739 bits per heavy atom. The zero-order valence-corrected chi connectivity index (χ0v) is 14.3. The molecule has 2 rings (SSSR count). The first-order valence-electron chi connectivity index (χ1n) is 7.75. The van der Waals surface area contributed by atoms with Gasteiger partial charge in [0, 0.05) is 41.5 Å². The summed E-state index contributed by atoms with van der Waals surface area (Å²) in [5, 5.41) is 3.46. The fraction of sp³-hybridized carbons (Fsp3) is 0.556. The van der Waals surface area contributed by atoms with Crippen molar-refractivity contribution in [1.29, 1.82) is 0 Å². The minimum Gasteiger partial charge on any atom is -0.374 e. The maximum atomic E-state index is 5.76. The highest BCUT2D eigenvalue weighted by atomic mass is 16.5. The van der Waals surface area contributed by atoms with E-state index in [0.29, 0.717) is 13.1 Å². The van der Waals surface area contributed by atoms with Crippen molar-refractivity contribution >= 4 is 0 Å². The van der Waals surface area contributed by atoms with Crippen LogP contribution in [0.1, 0.15) is 0 Å². The highest BCUT2D eigenvalue weighted by Gasteiger charge is 2.40. The molecule has 2 aliphatic rings. The highest BCUT2D eigenvalue weighted by Crippen LogP contribution is 2.26. The van der Waals surface area contributed by atoms with E-state index in [1.54, 1.807) is 28.4 Å². The summed E-state index contributed by atoms with van der Waals surface area (Å²) in [4.78, 5) is 0. The lowest BCUT2D eigenvalue weighted by Crippen LogP contribution is -2.56. The average Bonchev–Trinajstić information content (AvgIpc) is 2.62. The van der Waals surface area contributed by atoms with E-state index in [2.05, 4.69) is 5.32 Å². The predicted molar refractivity (Wildman–Crippen MR) is 90.5 cm³/mol. The Labute approximate surface area is 138 Å². The van der Waals surface area contributed by atoms with Crippen LogP contribution in [-0.4, -0.2) is 64.9 Å². The van der Waals surface area contributed by atoms with Gasteiger partial charge < -0.3 is 24.3 Å². The van der Waals surface area contributed by atoms with Crippen LogP contribution in [0.15, 0.2) is 48.6 Å². The lowest BCUT2D eigenvalue weighted by Gasteiger charge is -2.40. The van der Waals surface area contributed by atoms with Crippen LogP contribution < -0.4 is 5.32 Å². The standard InChI is InChI=1S/C18H27NO4/c1-20-15-9-5-7-11-17(15,22-3)13-19-14-18(23-4)12-8-6-10-16(18)21-2/h5-12,15-16,19H,13-14H2,1-4H3. The summed E-state index contributed by atoms with van der Waals surface area (Å²) in [7, 11) is 6.78. The zero-order valence-electron chi connectivity index (χ0n) is 14.3. The van der Waals surface area contributed by atoms with E-state index in [-0.39, 0.29) is 12.2 Å². The summed E-state index contributed by atoms with van der Waals surface area (Å²) in [5.41, 5.74) is -1.07. The minimum atomic E-state index is -0.533. The summed E-state index contributed by atoms with van der Waals surface area (Å²) < 4.78 is 22.6. The number of hydrogen-bond donors (Lipinski definition) is 1. The van der Waals surface area contributed by atoms with E-state index in [4.69, 9.17) is 18.9 Å². The van der Waals surface area contributed by atoms with Crippen molar-refractivity contribution in [1.82, 2.24) is 5.32 Å². The first-order chi connectivity index (χ1) is 11.2. The number of ether oxygens (including phenoxy) is 4. The van der Waals surface area contributed by atoms with Gasteiger partial charge >= 0.3 is 0 Å². The Balaban J connectivity index is 2.04. The van der Waals surface area contributed by atoms with Gasteiger partial charge in [-0.15, -0.1) is 0 Å². The van der Waals surface area contributed by atoms with Gasteiger partial charge in [0.1, 0.15) is 23.4 Å². The summed E-state index contributed by atoms with van der Waals surface area (Å²) >= 11 is 0. The maximum absolute atomic E-state index is 5.76. The predicted octanol–water partition coefficient (Wildman–Crippen LogP) is 1.63. The number of methoxy groups -OCH3 is 4. The summed E-state index contributed by atoms with van der Waals surface area (Å²) in [6.07, 6.45) is 15.7. The molecule has 0 aromatic heterocycles. The summed E-state index contributed by atoms with van der Waals surface area (Å²) in [6, 6.07) is 0.